The summed E-state index contributed by atoms with van der Waals surface area (Å²) in [7, 11) is 0. The third kappa shape index (κ3) is 5.16. The molecule has 9 heteroatoms. The van der Waals surface area contributed by atoms with Crippen molar-refractivity contribution in [2.75, 3.05) is 24.7 Å². The molecule has 1 spiro atoms. The van der Waals surface area contributed by atoms with Crippen LogP contribution in [-0.4, -0.2) is 69.6 Å². The normalized spacial score (nSPS) is 29.7. The van der Waals surface area contributed by atoms with E-state index < -0.39 is 28.7 Å². The largest absolute Gasteiger partial charge is 0.465 e. The number of anilines is 1. The number of ether oxygens (including phenoxy) is 1. The molecule has 3 unspecified atom stereocenters. The number of halogens is 1. The summed E-state index contributed by atoms with van der Waals surface area (Å²) < 4.78 is 4.90. The Morgan fingerprint density at radius 1 is 1.28 bits per heavy atom. The zero-order valence-electron chi connectivity index (χ0n) is 22.8. The minimum absolute atomic E-state index is 0.0176. The molecule has 212 valence electrons. The number of fused-ring (bicyclic) bond motifs is 1. The van der Waals surface area contributed by atoms with Crippen LogP contribution in [0.1, 0.15) is 46.0 Å². The molecule has 0 aromatic heterocycles. The van der Waals surface area contributed by atoms with Crippen molar-refractivity contribution in [2.24, 2.45) is 17.8 Å². The van der Waals surface area contributed by atoms with Crippen LogP contribution in [0.2, 0.25) is 5.02 Å². The van der Waals surface area contributed by atoms with Crippen LogP contribution in [0.25, 0.3) is 0 Å². The van der Waals surface area contributed by atoms with Gasteiger partial charge in [-0.15, -0.1) is 24.9 Å². The number of unbranched alkanes of at least 4 members (excludes halogenated alkanes) is 2. The minimum atomic E-state index is -0.835. The monoisotopic (exact) mass is 574 g/mol. The average molecular weight is 575 g/mol. The molecule has 39 heavy (non-hydrogen) atoms. The lowest BCUT2D eigenvalue weighted by molar-refractivity contribution is -0.155. The number of benzene rings is 1. The van der Waals surface area contributed by atoms with Gasteiger partial charge in [-0.25, -0.2) is 0 Å². The number of aliphatic hydroxyl groups excluding tert-OH is 1. The van der Waals surface area contributed by atoms with E-state index in [1.807, 2.05) is 13.0 Å². The number of rotatable bonds is 13. The highest BCUT2D eigenvalue weighted by molar-refractivity contribution is 8.02. The summed E-state index contributed by atoms with van der Waals surface area (Å²) in [5, 5.41) is 10.8. The lowest BCUT2D eigenvalue weighted by atomic mass is 9.66. The van der Waals surface area contributed by atoms with Gasteiger partial charge in [-0.05, 0) is 62.3 Å². The Morgan fingerprint density at radius 2 is 2.00 bits per heavy atom. The molecule has 3 saturated heterocycles. The van der Waals surface area contributed by atoms with Crippen molar-refractivity contribution < 1.29 is 24.2 Å². The van der Waals surface area contributed by atoms with Gasteiger partial charge in [0.25, 0.3) is 5.91 Å². The topological polar surface area (TPSA) is 87.2 Å². The number of likely N-dealkylation sites (tertiary alicyclic amines) is 1. The molecule has 3 aliphatic rings. The fraction of sp³-hybridized carbons (Fsp3) is 0.567. The van der Waals surface area contributed by atoms with Gasteiger partial charge in [0.15, 0.2) is 0 Å². The van der Waals surface area contributed by atoms with Gasteiger partial charge in [0.2, 0.25) is 5.91 Å². The highest BCUT2D eigenvalue weighted by Crippen LogP contribution is 2.69. The van der Waals surface area contributed by atoms with Crippen molar-refractivity contribution in [3.63, 3.8) is 0 Å². The maximum atomic E-state index is 14.6. The van der Waals surface area contributed by atoms with Gasteiger partial charge >= 0.3 is 5.97 Å². The molecule has 0 aliphatic carbocycles. The second-order valence-corrected chi connectivity index (χ2v) is 12.7. The SMILES string of the molecule is C=CCCCCOC(=O)[C@@H]1[C@@H]2CC(C)C3(S2)C(C(=O)N(CC=C)c2ccc(Cl)cc2)N([C@@H](CC)CO)C(=O)[C@H]13. The van der Waals surface area contributed by atoms with Gasteiger partial charge in [0, 0.05) is 22.5 Å². The summed E-state index contributed by atoms with van der Waals surface area (Å²) in [5.41, 5.74) is 0.647. The van der Waals surface area contributed by atoms with Crippen LogP contribution in [0.4, 0.5) is 5.69 Å². The molecule has 0 saturated carbocycles. The van der Waals surface area contributed by atoms with Crippen LogP contribution in [0.15, 0.2) is 49.6 Å². The predicted molar refractivity (Wildman–Crippen MR) is 156 cm³/mol. The molecule has 0 radical (unpaired) electrons. The number of carbonyl (C=O) groups is 3. The number of nitrogens with zero attached hydrogens (tertiary/aromatic N) is 2. The molecule has 2 bridgehead atoms. The molecule has 7 atom stereocenters. The lowest BCUT2D eigenvalue weighted by Crippen LogP contribution is -2.59. The zero-order valence-corrected chi connectivity index (χ0v) is 24.3. The highest BCUT2D eigenvalue weighted by Gasteiger charge is 2.77. The Morgan fingerprint density at radius 3 is 2.62 bits per heavy atom. The second-order valence-electron chi connectivity index (χ2n) is 10.7. The lowest BCUT2D eigenvalue weighted by Gasteiger charge is -2.42. The first-order chi connectivity index (χ1) is 18.8. The first-order valence-electron chi connectivity index (χ1n) is 13.8. The van der Waals surface area contributed by atoms with Gasteiger partial charge in [0.05, 0.1) is 35.8 Å². The predicted octanol–water partition coefficient (Wildman–Crippen LogP) is 4.87. The van der Waals surface area contributed by atoms with E-state index in [-0.39, 0.29) is 42.1 Å². The number of hydrogen-bond donors (Lipinski definition) is 1. The standard InChI is InChI=1S/C30H39ClN2O5S/c1-5-8-9-10-16-38-29(37)24-23-17-19(4)30(39-23)25(24)27(35)33(21(7-3)18-34)26(30)28(36)32(15-6-2)22-13-11-20(31)12-14-22/h5-6,11-14,19,21,23-26,34H,1-2,7-10,15-18H2,3-4H3/t19?,21-,23-,24+,25-,26?,30?/m0/s1. The van der Waals surface area contributed by atoms with Crippen LogP contribution < -0.4 is 4.90 Å². The Hall–Kier alpha value is -2.29. The summed E-state index contributed by atoms with van der Waals surface area (Å²) in [6.07, 6.45) is 7.17. The van der Waals surface area contributed by atoms with E-state index in [4.69, 9.17) is 16.3 Å². The van der Waals surface area contributed by atoms with Crippen molar-refractivity contribution in [1.82, 2.24) is 4.90 Å². The molecule has 3 aliphatic heterocycles. The Balaban J connectivity index is 1.73. The third-order valence-electron chi connectivity index (χ3n) is 8.53. The van der Waals surface area contributed by atoms with Crippen LogP contribution >= 0.6 is 23.4 Å². The Bertz CT molecular complexity index is 1090. The van der Waals surface area contributed by atoms with Crippen molar-refractivity contribution in [3.8, 4) is 0 Å². The molecule has 7 nitrogen and oxygen atoms in total. The highest BCUT2D eigenvalue weighted by atomic mass is 35.5. The van der Waals surface area contributed by atoms with Crippen molar-refractivity contribution in [2.45, 2.75) is 68.0 Å². The molecule has 1 aromatic carbocycles. The summed E-state index contributed by atoms with van der Waals surface area (Å²) in [6.45, 7) is 11.8. The summed E-state index contributed by atoms with van der Waals surface area (Å²) in [6, 6.07) is 5.63. The van der Waals surface area contributed by atoms with E-state index in [1.54, 1.807) is 51.9 Å². The molecular weight excluding hydrogens is 536 g/mol. The van der Waals surface area contributed by atoms with Crippen LogP contribution in [0, 0.1) is 17.8 Å². The van der Waals surface area contributed by atoms with E-state index in [0.29, 0.717) is 23.7 Å². The fourth-order valence-corrected chi connectivity index (χ4v) is 9.21. The van der Waals surface area contributed by atoms with Crippen molar-refractivity contribution >= 4 is 46.8 Å². The fourth-order valence-electron chi connectivity index (χ4n) is 6.69. The van der Waals surface area contributed by atoms with E-state index in [9.17, 15) is 19.5 Å². The smallest absolute Gasteiger partial charge is 0.310 e. The van der Waals surface area contributed by atoms with Gasteiger partial charge in [-0.3, -0.25) is 14.4 Å². The quantitative estimate of drug-likeness (QED) is 0.205. The molecular formula is C30H39ClN2O5S. The van der Waals surface area contributed by atoms with Crippen LogP contribution in [-0.2, 0) is 19.1 Å². The molecule has 3 heterocycles. The van der Waals surface area contributed by atoms with Crippen molar-refractivity contribution in [1.29, 1.82) is 0 Å². The molecule has 1 N–H and O–H groups in total. The number of thioether (sulfide) groups is 1. The Kier molecular flexibility index (Phi) is 9.50. The summed E-state index contributed by atoms with van der Waals surface area (Å²) >= 11 is 7.72. The number of esters is 1. The van der Waals surface area contributed by atoms with E-state index in [0.717, 1.165) is 25.7 Å². The average Bonchev–Trinajstić information content (AvgIpc) is 3.52. The minimum Gasteiger partial charge on any atom is -0.465 e. The number of aliphatic hydroxyl groups is 1. The summed E-state index contributed by atoms with van der Waals surface area (Å²) in [5.74, 6) is -2.11. The first kappa shape index (κ1) is 29.7. The number of hydrogen-bond acceptors (Lipinski definition) is 6. The van der Waals surface area contributed by atoms with Gasteiger partial charge in [-0.2, -0.15) is 0 Å². The number of carbonyl (C=O) groups excluding carboxylic acids is 3. The Labute approximate surface area is 240 Å². The number of amides is 2. The van der Waals surface area contributed by atoms with E-state index in [1.165, 1.54) is 0 Å². The first-order valence-corrected chi connectivity index (χ1v) is 15.1. The van der Waals surface area contributed by atoms with Gasteiger partial charge in [0.1, 0.15) is 6.04 Å². The van der Waals surface area contributed by atoms with Gasteiger partial charge in [-0.1, -0.05) is 37.6 Å². The van der Waals surface area contributed by atoms with Crippen LogP contribution in [0.3, 0.4) is 0 Å². The maximum absolute atomic E-state index is 14.6. The molecule has 3 fully saturated rings. The van der Waals surface area contributed by atoms with Crippen LogP contribution in [0.5, 0.6) is 0 Å². The van der Waals surface area contributed by atoms with E-state index >= 15 is 0 Å². The van der Waals surface area contributed by atoms with Gasteiger partial charge < -0.3 is 19.6 Å². The summed E-state index contributed by atoms with van der Waals surface area (Å²) in [4.78, 5) is 45.5. The maximum Gasteiger partial charge on any atom is 0.310 e. The van der Waals surface area contributed by atoms with E-state index in [2.05, 4.69) is 20.1 Å². The zero-order chi connectivity index (χ0) is 28.3. The molecule has 1 aromatic rings. The van der Waals surface area contributed by atoms with Crippen molar-refractivity contribution in [3.05, 3.63) is 54.6 Å². The molecule has 4 rings (SSSR count). The second kappa shape index (κ2) is 12.5. The molecule has 2 amide bonds. The number of allylic oxidation sites excluding steroid dienone is 1. The third-order valence-corrected chi connectivity index (χ3v) is 10.9.